The number of hydrogen-bond acceptors (Lipinski definition) is 15. The number of aliphatic hydroxyl groups is 3. The number of urea groups is 1. The van der Waals surface area contributed by atoms with E-state index in [1.807, 2.05) is 0 Å². The predicted molar refractivity (Wildman–Crippen MR) is 223 cm³/mol. The van der Waals surface area contributed by atoms with Gasteiger partial charge in [0.25, 0.3) is 11.7 Å². The minimum absolute atomic E-state index is 0.105. The lowest BCUT2D eigenvalue weighted by Gasteiger charge is -2.46. The van der Waals surface area contributed by atoms with E-state index in [0.29, 0.717) is 103 Å². The van der Waals surface area contributed by atoms with Crippen molar-refractivity contribution in [2.75, 3.05) is 85.6 Å². The Balaban J connectivity index is 1.56. The quantitative estimate of drug-likeness (QED) is 0.0480. The Hall–Kier alpha value is -3.90. The van der Waals surface area contributed by atoms with Crippen LogP contribution in [0.25, 0.3) is 0 Å². The lowest BCUT2D eigenvalue weighted by molar-refractivity contribution is -0.310. The molecule has 0 aliphatic carbocycles. The number of halogens is 1. The highest BCUT2D eigenvalue weighted by molar-refractivity contribution is 6.30. The third-order valence-electron chi connectivity index (χ3n) is 8.81. The molecule has 1 aromatic carbocycles. The number of aliphatic hydroxyl groups excluding tert-OH is 3. The number of carboxylic acid groups (broad SMARTS) is 1. The maximum atomic E-state index is 12.5. The van der Waals surface area contributed by atoms with Crippen LogP contribution in [0.3, 0.4) is 0 Å². The number of amides is 5. The summed E-state index contributed by atoms with van der Waals surface area (Å²) in [5, 5.41) is 56.2. The van der Waals surface area contributed by atoms with Crippen LogP contribution in [0, 0.1) is 0 Å². The van der Waals surface area contributed by atoms with Gasteiger partial charge in [-0.2, -0.15) is 0 Å². The second kappa shape index (κ2) is 29.5. The summed E-state index contributed by atoms with van der Waals surface area (Å²) in [6, 6.07) is 4.35. The third-order valence-corrected chi connectivity index (χ3v) is 9.05. The number of ether oxygens (including phenoxy) is 7. The van der Waals surface area contributed by atoms with Gasteiger partial charge >= 0.3 is 18.1 Å². The summed E-state index contributed by atoms with van der Waals surface area (Å²) in [4.78, 5) is 60.6. The van der Waals surface area contributed by atoms with E-state index in [4.69, 9.17) is 44.8 Å². The van der Waals surface area contributed by atoms with Gasteiger partial charge in [0.15, 0.2) is 0 Å². The smallest absolute Gasteiger partial charge is 0.407 e. The number of benzene rings is 1. The van der Waals surface area contributed by atoms with Gasteiger partial charge in [-0.25, -0.2) is 14.4 Å². The summed E-state index contributed by atoms with van der Waals surface area (Å²) in [5.41, 5.74) is -0.357. The number of carbonyl (C=O) groups is 5. The Morgan fingerprint density at radius 2 is 1.40 bits per heavy atom. The van der Waals surface area contributed by atoms with Crippen molar-refractivity contribution in [3.63, 3.8) is 0 Å². The summed E-state index contributed by atoms with van der Waals surface area (Å²) >= 11 is 5.93. The maximum absolute atomic E-state index is 12.5. The summed E-state index contributed by atoms with van der Waals surface area (Å²) in [7, 11) is 0. The highest BCUT2D eigenvalue weighted by atomic mass is 35.5. The van der Waals surface area contributed by atoms with E-state index in [0.717, 1.165) is 6.92 Å². The van der Waals surface area contributed by atoms with Crippen molar-refractivity contribution in [3.05, 3.63) is 34.9 Å². The van der Waals surface area contributed by atoms with Gasteiger partial charge in [-0.1, -0.05) is 30.5 Å². The van der Waals surface area contributed by atoms with Crippen molar-refractivity contribution in [1.82, 2.24) is 26.6 Å². The van der Waals surface area contributed by atoms with Crippen LogP contribution in [0.2, 0.25) is 5.02 Å². The van der Waals surface area contributed by atoms with Gasteiger partial charge in [-0.05, 0) is 51.8 Å². The van der Waals surface area contributed by atoms with E-state index in [1.54, 1.807) is 32.9 Å². The standard InChI is InChI=1S/C40H66ClN5O16/c1-27(47)46-32-30(48)25-40(36(52)53,61-34(32)33(50)31(49)26-45-35(51)28-10-9-11-29(41)24-28)60-15-8-6-5-7-12-42-37(54)43-13-16-56-18-20-58-22-23-59-21-19-57-17-14-44-38(55)62-39(2,3)4/h9-11,24,30-34,48-50H,5-8,12-23,25-26H2,1-4H3,(H,44,55)(H,45,51)(H,46,47)(H,52,53)(H2,42,43,54)/t30-,31+,32+,33+,34+,40+/m0/s1. The van der Waals surface area contributed by atoms with Crippen molar-refractivity contribution in [1.29, 1.82) is 0 Å². The van der Waals surface area contributed by atoms with Crippen LogP contribution in [0.4, 0.5) is 9.59 Å². The molecule has 0 bridgehead atoms. The lowest BCUT2D eigenvalue weighted by Crippen LogP contribution is -2.68. The van der Waals surface area contributed by atoms with Gasteiger partial charge in [0.05, 0.1) is 77.7 Å². The summed E-state index contributed by atoms with van der Waals surface area (Å²) in [6.45, 7) is 9.83. The Labute approximate surface area is 367 Å². The first-order chi connectivity index (χ1) is 29.4. The van der Waals surface area contributed by atoms with Crippen LogP contribution in [-0.4, -0.2) is 178 Å². The molecule has 5 amide bonds. The van der Waals surface area contributed by atoms with Crippen molar-refractivity contribution in [2.24, 2.45) is 0 Å². The number of unbranched alkanes of at least 4 members (excludes halogenated alkanes) is 3. The monoisotopic (exact) mass is 907 g/mol. The van der Waals surface area contributed by atoms with Gasteiger partial charge in [0, 0.05) is 50.1 Å². The molecule has 1 aliphatic rings. The molecule has 354 valence electrons. The van der Waals surface area contributed by atoms with Crippen molar-refractivity contribution in [2.45, 2.75) is 102 Å². The molecule has 2 rings (SSSR count). The van der Waals surface area contributed by atoms with E-state index >= 15 is 0 Å². The van der Waals surface area contributed by atoms with Crippen molar-refractivity contribution >= 4 is 41.5 Å². The molecule has 0 radical (unpaired) electrons. The molecule has 0 aromatic heterocycles. The molecule has 0 spiro atoms. The van der Waals surface area contributed by atoms with E-state index in [2.05, 4.69) is 26.6 Å². The molecule has 0 saturated carbocycles. The molecule has 22 heteroatoms. The number of aliphatic carboxylic acids is 1. The minimum atomic E-state index is -2.42. The van der Waals surface area contributed by atoms with E-state index < -0.39 is 78.7 Å². The van der Waals surface area contributed by atoms with Crippen LogP contribution in [0.5, 0.6) is 0 Å². The molecule has 9 N–H and O–H groups in total. The fourth-order valence-electron chi connectivity index (χ4n) is 5.84. The molecule has 21 nitrogen and oxygen atoms in total. The molecule has 62 heavy (non-hydrogen) atoms. The zero-order chi connectivity index (χ0) is 46.0. The first-order valence-corrected chi connectivity index (χ1v) is 21.0. The molecular formula is C40H66ClN5O16. The van der Waals surface area contributed by atoms with E-state index in [9.17, 15) is 44.4 Å². The molecule has 1 aromatic rings. The summed E-state index contributed by atoms with van der Waals surface area (Å²) in [6.07, 6.45) is -5.60. The Morgan fingerprint density at radius 1 is 0.823 bits per heavy atom. The highest BCUT2D eigenvalue weighted by Gasteiger charge is 2.55. The van der Waals surface area contributed by atoms with Crippen LogP contribution in [0.1, 0.15) is 70.2 Å². The number of carboxylic acids is 1. The lowest BCUT2D eigenvalue weighted by atomic mass is 9.88. The van der Waals surface area contributed by atoms with Gasteiger partial charge in [-0.3, -0.25) is 9.59 Å². The Morgan fingerprint density at radius 3 is 1.98 bits per heavy atom. The fourth-order valence-corrected chi connectivity index (χ4v) is 6.03. The molecular weight excluding hydrogens is 842 g/mol. The summed E-state index contributed by atoms with van der Waals surface area (Å²) in [5.74, 6) is -5.21. The highest BCUT2D eigenvalue weighted by Crippen LogP contribution is 2.34. The molecule has 1 saturated heterocycles. The molecule has 1 fully saturated rings. The van der Waals surface area contributed by atoms with Crippen LogP contribution in [0.15, 0.2) is 24.3 Å². The van der Waals surface area contributed by atoms with Gasteiger partial charge in [0.2, 0.25) is 5.91 Å². The molecule has 0 unspecified atom stereocenters. The number of rotatable bonds is 30. The van der Waals surface area contributed by atoms with Crippen LogP contribution >= 0.6 is 11.6 Å². The number of nitrogens with one attached hydrogen (secondary N) is 5. The number of hydrogen-bond donors (Lipinski definition) is 9. The molecule has 6 atom stereocenters. The number of alkyl carbamates (subject to hydrolysis) is 1. The predicted octanol–water partition coefficient (Wildman–Crippen LogP) is 0.694. The van der Waals surface area contributed by atoms with Crippen molar-refractivity contribution in [3.8, 4) is 0 Å². The molecule has 1 heterocycles. The second-order valence-electron chi connectivity index (χ2n) is 15.2. The van der Waals surface area contributed by atoms with Gasteiger partial charge < -0.3 is 80.2 Å². The average Bonchev–Trinajstić information content (AvgIpc) is 3.20. The fraction of sp³-hybridized carbons (Fsp3) is 0.725. The van der Waals surface area contributed by atoms with Gasteiger partial charge in [-0.15, -0.1) is 0 Å². The third kappa shape index (κ3) is 22.5. The molecule has 1 aliphatic heterocycles. The largest absolute Gasteiger partial charge is 0.477 e. The van der Waals surface area contributed by atoms with Crippen LogP contribution < -0.4 is 26.6 Å². The SMILES string of the molecule is CC(=O)N[C@H]1[C@H]([C@H](O)[C@H](O)CNC(=O)c2cccc(Cl)c2)O[C@@](OCCCCCCNC(=O)NCCOCCOCCOCCOCCNC(=O)OC(C)(C)C)(C(=O)O)C[C@@H]1O. The normalized spacial score (nSPS) is 19.8. The second-order valence-corrected chi connectivity index (χ2v) is 15.7. The average molecular weight is 908 g/mol. The maximum Gasteiger partial charge on any atom is 0.407 e. The summed E-state index contributed by atoms with van der Waals surface area (Å²) < 4.78 is 38.3. The van der Waals surface area contributed by atoms with Crippen molar-refractivity contribution < 1.29 is 77.6 Å². The number of carbonyl (C=O) groups excluding carboxylic acids is 4. The first-order valence-electron chi connectivity index (χ1n) is 20.6. The van der Waals surface area contributed by atoms with Crippen LogP contribution in [-0.2, 0) is 42.7 Å². The zero-order valence-corrected chi connectivity index (χ0v) is 36.7. The minimum Gasteiger partial charge on any atom is -0.477 e. The first kappa shape index (κ1) is 54.2. The van der Waals surface area contributed by atoms with Gasteiger partial charge in [0.1, 0.15) is 17.8 Å². The zero-order valence-electron chi connectivity index (χ0n) is 36.0. The Bertz CT molecular complexity index is 1510. The van der Waals surface area contributed by atoms with E-state index in [-0.39, 0.29) is 18.2 Å². The topological polar surface area (TPSA) is 291 Å². The Kier molecular flexibility index (Phi) is 25.8. The van der Waals surface area contributed by atoms with E-state index in [1.165, 1.54) is 12.1 Å².